The predicted octanol–water partition coefficient (Wildman–Crippen LogP) is 0.849. The summed E-state index contributed by atoms with van der Waals surface area (Å²) in [6, 6.07) is 0.153. The summed E-state index contributed by atoms with van der Waals surface area (Å²) in [4.78, 5) is 8.33. The molecule has 4 heteroatoms. The van der Waals surface area contributed by atoms with Crippen LogP contribution < -0.4 is 5.73 Å². The van der Waals surface area contributed by atoms with Gasteiger partial charge in [0.05, 0.1) is 0 Å². The summed E-state index contributed by atoms with van der Waals surface area (Å²) in [5.41, 5.74) is 5.40. The lowest BCUT2D eigenvalue weighted by Gasteiger charge is -1.97. The molecule has 0 amide bonds. The fourth-order valence-electron chi connectivity index (χ4n) is 0.549. The van der Waals surface area contributed by atoms with Crippen LogP contribution >= 0.6 is 8.03 Å². The Hall–Kier alpha value is 0.0200. The van der Waals surface area contributed by atoms with Crippen molar-refractivity contribution in [1.29, 1.82) is 0 Å². The topological polar surface area (TPSA) is 63.3 Å². The van der Waals surface area contributed by atoms with Gasteiger partial charge in [-0.2, -0.15) is 4.89 Å². The third-order valence-electron chi connectivity index (χ3n) is 1.01. The molecule has 0 spiro atoms. The van der Waals surface area contributed by atoms with Crippen LogP contribution in [0.5, 0.6) is 0 Å². The highest BCUT2D eigenvalue weighted by molar-refractivity contribution is 7.37. The van der Waals surface area contributed by atoms with Crippen LogP contribution in [-0.4, -0.2) is 17.1 Å². The summed E-state index contributed by atoms with van der Waals surface area (Å²) in [7, 11) is -1.94. The lowest BCUT2D eigenvalue weighted by molar-refractivity contribution is 0.498. The third-order valence-corrected chi connectivity index (χ3v) is 1.71. The van der Waals surface area contributed by atoms with Crippen LogP contribution in [-0.2, 0) is 4.57 Å². The zero-order valence-corrected chi connectivity index (χ0v) is 6.47. The fourth-order valence-corrected chi connectivity index (χ4v) is 1.00. The second kappa shape index (κ2) is 4.86. The molecule has 0 aliphatic carbocycles. The highest BCUT2D eigenvalue weighted by atomic mass is 31.1. The maximum absolute atomic E-state index is 10.1. The molecule has 0 fully saturated rings. The van der Waals surface area contributed by atoms with Crippen molar-refractivity contribution in [2.75, 3.05) is 6.16 Å². The maximum Gasteiger partial charge on any atom is 0.505 e. The van der Waals surface area contributed by atoms with E-state index in [1.165, 1.54) is 0 Å². The van der Waals surface area contributed by atoms with Gasteiger partial charge in [0, 0.05) is 6.04 Å². The van der Waals surface area contributed by atoms with Crippen LogP contribution in [0.1, 0.15) is 19.8 Å². The second-order valence-electron chi connectivity index (χ2n) is 2.20. The minimum Gasteiger partial charge on any atom is -0.328 e. The smallest absolute Gasteiger partial charge is 0.328 e. The molecule has 54 valence electrons. The van der Waals surface area contributed by atoms with E-state index in [2.05, 4.69) is 0 Å². The van der Waals surface area contributed by atoms with Crippen molar-refractivity contribution in [3.8, 4) is 0 Å². The molecule has 0 aliphatic heterocycles. The lowest BCUT2D eigenvalue weighted by Crippen LogP contribution is -2.14. The summed E-state index contributed by atoms with van der Waals surface area (Å²) in [6.07, 6.45) is 1.97. The standard InChI is InChI=1S/C5H12NO2P/c1-5(6)3-2-4-9(7)8/h5H,2-4,6H2,1H3/p+1. The number of nitrogens with two attached hydrogens (primary N) is 1. The fraction of sp³-hybridized carbons (Fsp3) is 1.00. The highest BCUT2D eigenvalue weighted by Gasteiger charge is 2.08. The minimum absolute atomic E-state index is 0.153. The van der Waals surface area contributed by atoms with E-state index in [1.54, 1.807) is 0 Å². The summed E-state index contributed by atoms with van der Waals surface area (Å²) >= 11 is 0. The van der Waals surface area contributed by atoms with E-state index in [-0.39, 0.29) is 6.04 Å². The molecular weight excluding hydrogens is 137 g/mol. The van der Waals surface area contributed by atoms with Gasteiger partial charge in [-0.3, -0.25) is 0 Å². The van der Waals surface area contributed by atoms with E-state index < -0.39 is 8.03 Å². The largest absolute Gasteiger partial charge is 0.505 e. The molecule has 2 unspecified atom stereocenters. The average molecular weight is 150 g/mol. The Morgan fingerprint density at radius 1 is 1.78 bits per heavy atom. The molecule has 3 nitrogen and oxygen atoms in total. The zero-order valence-electron chi connectivity index (χ0n) is 5.58. The molecule has 0 saturated heterocycles. The lowest BCUT2D eigenvalue weighted by atomic mass is 10.2. The summed E-state index contributed by atoms with van der Waals surface area (Å²) < 4.78 is 10.1. The van der Waals surface area contributed by atoms with Gasteiger partial charge >= 0.3 is 8.03 Å². The average Bonchev–Trinajstić information content (AvgIpc) is 1.63. The van der Waals surface area contributed by atoms with Gasteiger partial charge in [-0.25, -0.2) is 0 Å². The highest BCUT2D eigenvalue weighted by Crippen LogP contribution is 2.14. The first-order chi connectivity index (χ1) is 4.13. The van der Waals surface area contributed by atoms with Gasteiger partial charge < -0.3 is 5.73 Å². The van der Waals surface area contributed by atoms with Crippen molar-refractivity contribution in [3.63, 3.8) is 0 Å². The van der Waals surface area contributed by atoms with Crippen molar-refractivity contribution in [2.24, 2.45) is 5.73 Å². The van der Waals surface area contributed by atoms with E-state index >= 15 is 0 Å². The molecule has 2 atom stereocenters. The van der Waals surface area contributed by atoms with Crippen LogP contribution in [0.15, 0.2) is 0 Å². The first-order valence-electron chi connectivity index (χ1n) is 3.02. The Morgan fingerprint density at radius 2 is 2.33 bits per heavy atom. The van der Waals surface area contributed by atoms with Crippen LogP contribution in [0, 0.1) is 0 Å². The summed E-state index contributed by atoms with van der Waals surface area (Å²) in [6.45, 7) is 1.89. The van der Waals surface area contributed by atoms with Gasteiger partial charge in [-0.15, -0.1) is 0 Å². The molecule has 0 saturated carbocycles. The van der Waals surface area contributed by atoms with Crippen molar-refractivity contribution in [1.82, 2.24) is 0 Å². The molecule has 0 rings (SSSR count). The molecule has 0 heterocycles. The van der Waals surface area contributed by atoms with Gasteiger partial charge in [0.15, 0.2) is 6.16 Å². The van der Waals surface area contributed by atoms with Crippen molar-refractivity contribution in [2.45, 2.75) is 25.8 Å². The Labute approximate surface area is 56.1 Å². The molecule has 9 heavy (non-hydrogen) atoms. The quantitative estimate of drug-likeness (QED) is 0.584. The van der Waals surface area contributed by atoms with Crippen LogP contribution in [0.4, 0.5) is 0 Å². The van der Waals surface area contributed by atoms with Crippen LogP contribution in [0.25, 0.3) is 0 Å². The van der Waals surface area contributed by atoms with Crippen molar-refractivity contribution < 1.29 is 9.46 Å². The van der Waals surface area contributed by atoms with Gasteiger partial charge in [0.1, 0.15) is 0 Å². The molecule has 3 N–H and O–H groups in total. The van der Waals surface area contributed by atoms with E-state index in [0.717, 1.165) is 12.8 Å². The zero-order chi connectivity index (χ0) is 7.28. The van der Waals surface area contributed by atoms with Crippen LogP contribution in [0.2, 0.25) is 0 Å². The van der Waals surface area contributed by atoms with Crippen molar-refractivity contribution in [3.05, 3.63) is 0 Å². The number of rotatable bonds is 4. The molecule has 0 aromatic rings. The minimum atomic E-state index is -1.94. The Balaban J connectivity index is 3.01. The van der Waals surface area contributed by atoms with E-state index in [4.69, 9.17) is 10.6 Å². The van der Waals surface area contributed by atoms with E-state index in [0.29, 0.717) is 6.16 Å². The number of hydrogen-bond donors (Lipinski definition) is 2. The van der Waals surface area contributed by atoms with E-state index in [9.17, 15) is 4.57 Å². The summed E-state index contributed by atoms with van der Waals surface area (Å²) in [5, 5.41) is 0. The first kappa shape index (κ1) is 9.02. The Kier molecular flexibility index (Phi) is 4.87. The second-order valence-corrected chi connectivity index (χ2v) is 3.35. The monoisotopic (exact) mass is 150 g/mol. The molecule has 0 aliphatic rings. The normalized spacial score (nSPS) is 15.2. The van der Waals surface area contributed by atoms with Gasteiger partial charge in [-0.05, 0) is 24.3 Å². The predicted molar refractivity (Wildman–Crippen MR) is 37.6 cm³/mol. The van der Waals surface area contributed by atoms with Gasteiger partial charge in [0.2, 0.25) is 0 Å². The molecule has 0 radical (unpaired) electrons. The maximum atomic E-state index is 10.1. The molecule has 0 bridgehead atoms. The Bertz CT molecular complexity index is 95.0. The third kappa shape index (κ3) is 8.02. The molecular formula is C5H13NO2P+. The van der Waals surface area contributed by atoms with Gasteiger partial charge in [0.25, 0.3) is 0 Å². The first-order valence-corrected chi connectivity index (χ1v) is 4.42. The van der Waals surface area contributed by atoms with Crippen molar-refractivity contribution >= 4 is 8.03 Å². The number of hydrogen-bond acceptors (Lipinski definition) is 2. The van der Waals surface area contributed by atoms with E-state index in [1.807, 2.05) is 6.92 Å². The van der Waals surface area contributed by atoms with Crippen LogP contribution in [0.3, 0.4) is 0 Å². The summed E-state index contributed by atoms with van der Waals surface area (Å²) in [5.74, 6) is 0. The SMILES string of the molecule is CC(N)CCC[P+](=O)O. The molecule has 0 aromatic heterocycles. The molecule has 0 aromatic carbocycles. The Morgan fingerprint density at radius 3 is 2.67 bits per heavy atom. The van der Waals surface area contributed by atoms with Gasteiger partial charge in [-0.1, -0.05) is 0 Å².